The first-order chi connectivity index (χ1) is 13.3. The van der Waals surface area contributed by atoms with Gasteiger partial charge in [-0.05, 0) is 37.6 Å². The van der Waals surface area contributed by atoms with Crippen LogP contribution in [-0.4, -0.2) is 34.4 Å². The van der Waals surface area contributed by atoms with Gasteiger partial charge >= 0.3 is 5.69 Å². The second kappa shape index (κ2) is 8.03. The van der Waals surface area contributed by atoms with Crippen LogP contribution < -0.4 is 16.3 Å². The molecule has 7 nitrogen and oxygen atoms in total. The summed E-state index contributed by atoms with van der Waals surface area (Å²) >= 11 is 0. The Morgan fingerprint density at radius 2 is 1.86 bits per heavy atom. The van der Waals surface area contributed by atoms with E-state index in [0.29, 0.717) is 29.1 Å². The number of rotatable bonds is 6. The van der Waals surface area contributed by atoms with Crippen LogP contribution in [0.1, 0.15) is 34.1 Å². The Labute approximate surface area is 158 Å². The molecule has 2 amide bonds. The third-order valence-electron chi connectivity index (χ3n) is 4.21. The number of fused-ring (bicyclic) bond motifs is 1. The van der Waals surface area contributed by atoms with Crippen LogP contribution in [0.3, 0.4) is 0 Å². The molecule has 3 aromatic rings. The predicted octanol–water partition coefficient (Wildman–Crippen LogP) is 2.07. The molecule has 0 bridgehead atoms. The van der Waals surface area contributed by atoms with E-state index in [4.69, 9.17) is 0 Å². The maximum atomic E-state index is 13.6. The van der Waals surface area contributed by atoms with Gasteiger partial charge < -0.3 is 20.6 Å². The van der Waals surface area contributed by atoms with E-state index in [1.807, 2.05) is 0 Å². The third kappa shape index (κ3) is 4.25. The number of benzene rings is 2. The number of aromatic nitrogens is 2. The van der Waals surface area contributed by atoms with Gasteiger partial charge in [-0.3, -0.25) is 9.59 Å². The molecular weight excluding hydrogens is 370 g/mol. The summed E-state index contributed by atoms with van der Waals surface area (Å²) in [7, 11) is 0. The number of carbonyl (C=O) groups is 2. The molecular formula is C19H18F2N4O3. The molecule has 1 unspecified atom stereocenters. The summed E-state index contributed by atoms with van der Waals surface area (Å²) in [4.78, 5) is 41.0. The summed E-state index contributed by atoms with van der Waals surface area (Å²) < 4.78 is 26.5. The molecule has 0 saturated heterocycles. The number of amides is 2. The molecule has 1 heterocycles. The molecule has 3 rings (SSSR count). The minimum Gasteiger partial charge on any atom is -0.352 e. The number of aromatic amines is 2. The lowest BCUT2D eigenvalue weighted by Gasteiger charge is -2.15. The quantitative estimate of drug-likeness (QED) is 0.519. The molecule has 9 heteroatoms. The summed E-state index contributed by atoms with van der Waals surface area (Å²) in [6.45, 7) is 1.94. The average Bonchev–Trinajstić information content (AvgIpc) is 3.01. The van der Waals surface area contributed by atoms with Crippen LogP contribution in [0.15, 0.2) is 41.2 Å². The Morgan fingerprint density at radius 3 is 2.61 bits per heavy atom. The van der Waals surface area contributed by atoms with E-state index >= 15 is 0 Å². The molecule has 0 aliphatic carbocycles. The fourth-order valence-electron chi connectivity index (χ4n) is 2.79. The van der Waals surface area contributed by atoms with Gasteiger partial charge in [0.25, 0.3) is 11.8 Å². The van der Waals surface area contributed by atoms with Crippen LogP contribution >= 0.6 is 0 Å². The van der Waals surface area contributed by atoms with Crippen LogP contribution in [0, 0.1) is 11.6 Å². The largest absolute Gasteiger partial charge is 0.352 e. The summed E-state index contributed by atoms with van der Waals surface area (Å²) in [5.41, 5.74) is 0.608. The highest BCUT2D eigenvalue weighted by atomic mass is 19.1. The minimum absolute atomic E-state index is 0.183. The van der Waals surface area contributed by atoms with Gasteiger partial charge in [0.05, 0.1) is 22.2 Å². The lowest BCUT2D eigenvalue weighted by Crippen LogP contribution is -2.36. The molecule has 0 saturated carbocycles. The maximum Gasteiger partial charge on any atom is 0.323 e. The number of halogens is 2. The second-order valence-corrected chi connectivity index (χ2v) is 6.35. The Morgan fingerprint density at radius 1 is 1.07 bits per heavy atom. The Kier molecular flexibility index (Phi) is 5.53. The fraction of sp³-hybridized carbons (Fsp3) is 0.211. The van der Waals surface area contributed by atoms with Crippen molar-refractivity contribution in [3.05, 3.63) is 69.6 Å². The van der Waals surface area contributed by atoms with Gasteiger partial charge in [0, 0.05) is 18.7 Å². The molecule has 0 fully saturated rings. The molecule has 0 aliphatic heterocycles. The number of nitrogens with one attached hydrogen (secondary N) is 4. The Bertz CT molecular complexity index is 1090. The lowest BCUT2D eigenvalue weighted by molar-refractivity contribution is 0.0938. The van der Waals surface area contributed by atoms with E-state index in [1.54, 1.807) is 25.1 Å². The molecule has 28 heavy (non-hydrogen) atoms. The number of H-pyrrole nitrogens is 2. The van der Waals surface area contributed by atoms with Crippen LogP contribution in [0.2, 0.25) is 0 Å². The van der Waals surface area contributed by atoms with Gasteiger partial charge in [0.15, 0.2) is 0 Å². The maximum absolute atomic E-state index is 13.6. The molecule has 0 spiro atoms. The van der Waals surface area contributed by atoms with Gasteiger partial charge in [0.2, 0.25) is 0 Å². The zero-order valence-electron chi connectivity index (χ0n) is 14.9. The molecule has 1 atom stereocenters. The second-order valence-electron chi connectivity index (χ2n) is 6.35. The zero-order valence-corrected chi connectivity index (χ0v) is 14.9. The number of para-hydroxylation sites is 1. The Balaban J connectivity index is 1.55. The normalized spacial score (nSPS) is 12.0. The van der Waals surface area contributed by atoms with E-state index < -0.39 is 23.2 Å². The van der Waals surface area contributed by atoms with Crippen molar-refractivity contribution >= 4 is 22.8 Å². The van der Waals surface area contributed by atoms with Crippen LogP contribution in [0.4, 0.5) is 8.78 Å². The summed E-state index contributed by atoms with van der Waals surface area (Å²) in [6, 6.07) is 7.35. The molecule has 4 N–H and O–H groups in total. The topological polar surface area (TPSA) is 107 Å². The van der Waals surface area contributed by atoms with E-state index in [0.717, 1.165) is 12.1 Å². The van der Waals surface area contributed by atoms with Crippen molar-refractivity contribution in [3.8, 4) is 0 Å². The van der Waals surface area contributed by atoms with E-state index in [1.165, 1.54) is 0 Å². The number of carbonyl (C=O) groups excluding carboxylic acids is 2. The van der Waals surface area contributed by atoms with Crippen molar-refractivity contribution in [2.75, 3.05) is 6.54 Å². The first-order valence-corrected chi connectivity index (χ1v) is 8.60. The molecule has 0 radical (unpaired) electrons. The first kappa shape index (κ1) is 19.3. The average molecular weight is 388 g/mol. The lowest BCUT2D eigenvalue weighted by atomic mass is 10.1. The van der Waals surface area contributed by atoms with Crippen molar-refractivity contribution < 1.29 is 18.4 Å². The number of imidazole rings is 1. The summed E-state index contributed by atoms with van der Waals surface area (Å²) in [6.07, 6.45) is 0.389. The van der Waals surface area contributed by atoms with Gasteiger partial charge in [-0.2, -0.15) is 0 Å². The number of hydrogen-bond acceptors (Lipinski definition) is 3. The Hall–Kier alpha value is -3.49. The van der Waals surface area contributed by atoms with Gasteiger partial charge in [-0.1, -0.05) is 6.07 Å². The first-order valence-electron chi connectivity index (χ1n) is 8.60. The van der Waals surface area contributed by atoms with Gasteiger partial charge in [-0.15, -0.1) is 0 Å². The molecule has 1 aromatic heterocycles. The van der Waals surface area contributed by atoms with E-state index in [2.05, 4.69) is 20.6 Å². The van der Waals surface area contributed by atoms with Crippen LogP contribution in [0.25, 0.3) is 11.0 Å². The highest BCUT2D eigenvalue weighted by Crippen LogP contribution is 2.13. The highest BCUT2D eigenvalue weighted by molar-refractivity contribution is 6.04. The SMILES string of the molecule is CC(CCNC(=O)c1ccc(F)cc1F)NC(=O)c1cccc2[nH]c(=O)[nH]c12. The highest BCUT2D eigenvalue weighted by Gasteiger charge is 2.16. The molecule has 2 aromatic carbocycles. The van der Waals surface area contributed by atoms with Crippen molar-refractivity contribution in [3.63, 3.8) is 0 Å². The minimum atomic E-state index is -0.938. The molecule has 146 valence electrons. The third-order valence-corrected chi connectivity index (χ3v) is 4.21. The van der Waals surface area contributed by atoms with Crippen molar-refractivity contribution in [1.29, 1.82) is 0 Å². The summed E-state index contributed by atoms with van der Waals surface area (Å²) in [5.74, 6) is -2.73. The summed E-state index contributed by atoms with van der Waals surface area (Å²) in [5, 5.41) is 5.31. The van der Waals surface area contributed by atoms with E-state index in [9.17, 15) is 23.2 Å². The van der Waals surface area contributed by atoms with Crippen LogP contribution in [-0.2, 0) is 0 Å². The standard InChI is InChI=1S/C19H18F2N4O3/c1-10(7-8-22-17(26)12-6-5-11(20)9-14(12)21)23-18(27)13-3-2-4-15-16(13)25-19(28)24-15/h2-6,9-10H,7-8H2,1H3,(H,22,26)(H,23,27)(H2,24,25,28). The monoisotopic (exact) mass is 388 g/mol. The zero-order chi connectivity index (χ0) is 20.3. The van der Waals surface area contributed by atoms with Crippen molar-refractivity contribution in [1.82, 2.24) is 20.6 Å². The smallest absolute Gasteiger partial charge is 0.323 e. The van der Waals surface area contributed by atoms with Crippen LogP contribution in [0.5, 0.6) is 0 Å². The fourth-order valence-corrected chi connectivity index (χ4v) is 2.79. The van der Waals surface area contributed by atoms with Gasteiger partial charge in [0.1, 0.15) is 11.6 Å². The van der Waals surface area contributed by atoms with Gasteiger partial charge in [-0.25, -0.2) is 13.6 Å². The van der Waals surface area contributed by atoms with E-state index in [-0.39, 0.29) is 24.1 Å². The van der Waals surface area contributed by atoms with Crippen molar-refractivity contribution in [2.24, 2.45) is 0 Å². The van der Waals surface area contributed by atoms with Crippen molar-refractivity contribution in [2.45, 2.75) is 19.4 Å². The molecule has 0 aliphatic rings. The predicted molar refractivity (Wildman–Crippen MR) is 99.2 cm³/mol. The number of hydrogen-bond donors (Lipinski definition) is 4.